The first-order valence-corrected chi connectivity index (χ1v) is 11.5. The van der Waals surface area contributed by atoms with Crippen LogP contribution in [0.2, 0.25) is 0 Å². The summed E-state index contributed by atoms with van der Waals surface area (Å²) in [7, 11) is 4.01. The van der Waals surface area contributed by atoms with Crippen molar-refractivity contribution in [1.82, 2.24) is 14.8 Å². The standard InChI is InChI=1S/C25H35N5O3/c1-5-18-14-20(15-27-23(18)26)28-24(31)25(32)30-16-17(2)6-11-22(30)19-7-9-21(10-8-19)33-13-12-29(3)4/h7-10,14-15,17,22H,5-6,11-13,16H2,1-4H3,(H2,26,27)(H,28,31)/t17-,22+/m0/s1. The summed E-state index contributed by atoms with van der Waals surface area (Å²) in [4.78, 5) is 33.9. The first-order chi connectivity index (χ1) is 15.8. The van der Waals surface area contributed by atoms with E-state index in [0.717, 1.165) is 36.3 Å². The lowest BCUT2D eigenvalue weighted by atomic mass is 9.89. The van der Waals surface area contributed by atoms with Crippen molar-refractivity contribution in [1.29, 1.82) is 0 Å². The van der Waals surface area contributed by atoms with E-state index in [9.17, 15) is 9.59 Å². The highest BCUT2D eigenvalue weighted by molar-refractivity contribution is 6.39. The van der Waals surface area contributed by atoms with E-state index >= 15 is 0 Å². The Hall–Kier alpha value is -3.13. The lowest BCUT2D eigenvalue weighted by Gasteiger charge is -2.38. The van der Waals surface area contributed by atoms with Gasteiger partial charge in [0.2, 0.25) is 0 Å². The summed E-state index contributed by atoms with van der Waals surface area (Å²) in [5.74, 6) is 0.361. The Labute approximate surface area is 196 Å². The van der Waals surface area contributed by atoms with Crippen molar-refractivity contribution in [3.8, 4) is 5.75 Å². The third-order valence-corrected chi connectivity index (χ3v) is 5.98. The molecule has 1 aromatic heterocycles. The maximum atomic E-state index is 13.2. The quantitative estimate of drug-likeness (QED) is 0.625. The minimum Gasteiger partial charge on any atom is -0.492 e. The van der Waals surface area contributed by atoms with Crippen LogP contribution in [0, 0.1) is 5.92 Å². The number of rotatable bonds is 7. The summed E-state index contributed by atoms with van der Waals surface area (Å²) < 4.78 is 5.78. The maximum absolute atomic E-state index is 13.2. The van der Waals surface area contributed by atoms with Gasteiger partial charge in [-0.2, -0.15) is 0 Å². The SMILES string of the molecule is CCc1cc(NC(=O)C(=O)N2C[C@@H](C)CC[C@@H]2c2ccc(OCCN(C)C)cc2)cnc1N. The van der Waals surface area contributed by atoms with E-state index in [1.165, 1.54) is 6.20 Å². The van der Waals surface area contributed by atoms with Gasteiger partial charge in [0, 0.05) is 13.1 Å². The first-order valence-electron chi connectivity index (χ1n) is 11.5. The Balaban J connectivity index is 1.71. The normalized spacial score (nSPS) is 18.3. The number of benzene rings is 1. The Morgan fingerprint density at radius 1 is 1.24 bits per heavy atom. The van der Waals surface area contributed by atoms with Crippen molar-refractivity contribution in [2.45, 2.75) is 39.2 Å². The third kappa shape index (κ3) is 6.44. The predicted molar refractivity (Wildman–Crippen MR) is 130 cm³/mol. The number of nitrogens with two attached hydrogens (primary N) is 1. The summed E-state index contributed by atoms with van der Waals surface area (Å²) in [6.07, 6.45) is 3.98. The van der Waals surface area contributed by atoms with Crippen LogP contribution in [-0.4, -0.2) is 60.4 Å². The van der Waals surface area contributed by atoms with Crippen molar-refractivity contribution in [3.63, 3.8) is 0 Å². The zero-order valence-electron chi connectivity index (χ0n) is 20.0. The largest absolute Gasteiger partial charge is 0.492 e. The van der Waals surface area contributed by atoms with Crippen molar-refractivity contribution < 1.29 is 14.3 Å². The van der Waals surface area contributed by atoms with Gasteiger partial charge in [-0.3, -0.25) is 9.59 Å². The molecule has 3 N–H and O–H groups in total. The van der Waals surface area contributed by atoms with Crippen LogP contribution < -0.4 is 15.8 Å². The number of hydrogen-bond donors (Lipinski definition) is 2. The van der Waals surface area contributed by atoms with Crippen LogP contribution in [0.5, 0.6) is 5.75 Å². The van der Waals surface area contributed by atoms with Gasteiger partial charge in [0.25, 0.3) is 0 Å². The number of carbonyl (C=O) groups is 2. The average molecular weight is 454 g/mol. The number of carbonyl (C=O) groups excluding carboxylic acids is 2. The molecule has 8 nitrogen and oxygen atoms in total. The van der Waals surface area contributed by atoms with Crippen LogP contribution in [0.3, 0.4) is 0 Å². The molecule has 0 bridgehead atoms. The van der Waals surface area contributed by atoms with E-state index in [1.807, 2.05) is 45.3 Å². The summed E-state index contributed by atoms with van der Waals surface area (Å²) in [5, 5.41) is 2.70. The molecule has 1 aliphatic rings. The lowest BCUT2D eigenvalue weighted by molar-refractivity contribution is -0.146. The van der Waals surface area contributed by atoms with E-state index in [4.69, 9.17) is 10.5 Å². The molecule has 1 saturated heterocycles. The van der Waals surface area contributed by atoms with E-state index < -0.39 is 11.8 Å². The lowest BCUT2D eigenvalue weighted by Crippen LogP contribution is -2.46. The number of nitrogens with one attached hydrogen (secondary N) is 1. The van der Waals surface area contributed by atoms with Crippen LogP contribution >= 0.6 is 0 Å². The molecule has 1 aromatic carbocycles. The molecule has 2 heterocycles. The van der Waals surface area contributed by atoms with Gasteiger partial charge in [-0.1, -0.05) is 26.0 Å². The van der Waals surface area contributed by atoms with Gasteiger partial charge in [-0.05, 0) is 68.6 Å². The number of amides is 2. The van der Waals surface area contributed by atoms with Crippen molar-refractivity contribution in [2.75, 3.05) is 44.8 Å². The number of aryl methyl sites for hydroxylation is 1. The molecule has 33 heavy (non-hydrogen) atoms. The number of nitrogen functional groups attached to an aromatic ring is 1. The summed E-state index contributed by atoms with van der Waals surface area (Å²) in [5.41, 5.74) is 8.15. The average Bonchev–Trinajstić information content (AvgIpc) is 2.80. The van der Waals surface area contributed by atoms with Gasteiger partial charge in [0.1, 0.15) is 18.2 Å². The minimum absolute atomic E-state index is 0.147. The zero-order valence-corrected chi connectivity index (χ0v) is 20.0. The van der Waals surface area contributed by atoms with Gasteiger partial charge in [0.05, 0.1) is 17.9 Å². The smallest absolute Gasteiger partial charge is 0.313 e. The molecular formula is C25H35N5O3. The monoisotopic (exact) mass is 453 g/mol. The zero-order chi connectivity index (χ0) is 24.0. The molecular weight excluding hydrogens is 418 g/mol. The fourth-order valence-electron chi connectivity index (χ4n) is 4.04. The molecule has 0 saturated carbocycles. The number of aromatic nitrogens is 1. The molecule has 0 radical (unpaired) electrons. The first kappa shape index (κ1) is 24.5. The number of ether oxygens (including phenoxy) is 1. The fraction of sp³-hybridized carbons (Fsp3) is 0.480. The molecule has 1 fully saturated rings. The number of piperidine rings is 1. The van der Waals surface area contributed by atoms with Crippen molar-refractivity contribution in [3.05, 3.63) is 47.7 Å². The molecule has 2 atom stereocenters. The highest BCUT2D eigenvalue weighted by atomic mass is 16.5. The molecule has 0 unspecified atom stereocenters. The second-order valence-corrected chi connectivity index (χ2v) is 8.95. The summed E-state index contributed by atoms with van der Waals surface area (Å²) >= 11 is 0. The molecule has 3 rings (SSSR count). The molecule has 178 valence electrons. The van der Waals surface area contributed by atoms with E-state index in [2.05, 4.69) is 22.1 Å². The highest BCUT2D eigenvalue weighted by Crippen LogP contribution is 2.34. The highest BCUT2D eigenvalue weighted by Gasteiger charge is 2.34. The molecule has 8 heteroatoms. The fourth-order valence-corrected chi connectivity index (χ4v) is 4.04. The molecule has 0 aliphatic carbocycles. The Kier molecular flexibility index (Phi) is 8.27. The predicted octanol–water partition coefficient (Wildman–Crippen LogP) is 3.10. The number of hydrogen-bond acceptors (Lipinski definition) is 6. The van der Waals surface area contributed by atoms with Gasteiger partial charge < -0.3 is 25.6 Å². The number of likely N-dealkylation sites (tertiary alicyclic amines) is 1. The van der Waals surface area contributed by atoms with Crippen LogP contribution in [0.4, 0.5) is 11.5 Å². The van der Waals surface area contributed by atoms with E-state index in [1.54, 1.807) is 11.0 Å². The maximum Gasteiger partial charge on any atom is 0.313 e. The molecule has 2 amide bonds. The molecule has 2 aromatic rings. The second kappa shape index (κ2) is 11.1. The van der Waals surface area contributed by atoms with Gasteiger partial charge in [0.15, 0.2) is 0 Å². The summed E-state index contributed by atoms with van der Waals surface area (Å²) in [6.45, 7) is 6.05. The van der Waals surface area contributed by atoms with Gasteiger partial charge >= 0.3 is 11.8 Å². The van der Waals surface area contributed by atoms with E-state index in [0.29, 0.717) is 37.0 Å². The van der Waals surface area contributed by atoms with E-state index in [-0.39, 0.29) is 6.04 Å². The van der Waals surface area contributed by atoms with Gasteiger partial charge in [-0.15, -0.1) is 0 Å². The van der Waals surface area contributed by atoms with Crippen LogP contribution in [-0.2, 0) is 16.0 Å². The van der Waals surface area contributed by atoms with Crippen LogP contribution in [0.15, 0.2) is 36.5 Å². The van der Waals surface area contributed by atoms with Gasteiger partial charge in [-0.25, -0.2) is 4.98 Å². The number of likely N-dealkylation sites (N-methyl/N-ethyl adjacent to an activating group) is 1. The van der Waals surface area contributed by atoms with Crippen molar-refractivity contribution >= 4 is 23.3 Å². The molecule has 1 aliphatic heterocycles. The Morgan fingerprint density at radius 3 is 2.64 bits per heavy atom. The van der Waals surface area contributed by atoms with Crippen LogP contribution in [0.25, 0.3) is 0 Å². The minimum atomic E-state index is -0.661. The number of anilines is 2. The topological polar surface area (TPSA) is 101 Å². The summed E-state index contributed by atoms with van der Waals surface area (Å²) in [6, 6.07) is 9.45. The number of pyridine rings is 1. The second-order valence-electron chi connectivity index (χ2n) is 8.95. The molecule has 0 spiro atoms. The van der Waals surface area contributed by atoms with Crippen molar-refractivity contribution in [2.24, 2.45) is 5.92 Å². The Bertz CT molecular complexity index is 961. The van der Waals surface area contributed by atoms with Crippen LogP contribution in [0.1, 0.15) is 43.9 Å². The number of nitrogens with zero attached hydrogens (tertiary/aromatic N) is 3. The Morgan fingerprint density at radius 2 is 1.97 bits per heavy atom. The third-order valence-electron chi connectivity index (χ3n) is 5.98.